The van der Waals surface area contributed by atoms with Gasteiger partial charge in [0.15, 0.2) is 9.84 Å². The van der Waals surface area contributed by atoms with Crippen molar-refractivity contribution in [1.82, 2.24) is 0 Å². The van der Waals surface area contributed by atoms with Gasteiger partial charge in [0.1, 0.15) is 5.75 Å². The third kappa shape index (κ3) is 1.52. The summed E-state index contributed by atoms with van der Waals surface area (Å²) in [5.74, 6) is -0.705. The zero-order chi connectivity index (χ0) is 11.2. The van der Waals surface area contributed by atoms with E-state index in [1.807, 2.05) is 0 Å². The molecule has 0 saturated carbocycles. The van der Waals surface area contributed by atoms with Crippen molar-refractivity contribution in [3.05, 3.63) is 23.8 Å². The van der Waals surface area contributed by atoms with Gasteiger partial charge in [-0.25, -0.2) is 8.42 Å². The monoisotopic (exact) mass is 228 g/mol. The molecule has 0 aromatic heterocycles. The summed E-state index contributed by atoms with van der Waals surface area (Å²) in [6, 6.07) is 4.40. The molecule has 0 amide bonds. The summed E-state index contributed by atoms with van der Waals surface area (Å²) < 4.78 is 23.4. The maximum absolute atomic E-state index is 11.7. The number of phenolic OH excluding ortho intramolecular Hbond substituents is 1. The Labute approximate surface area is 88.1 Å². The normalized spacial score (nSPS) is 24.8. The molecule has 2 N–H and O–H groups in total. The molecule has 0 bridgehead atoms. The van der Waals surface area contributed by atoms with E-state index in [2.05, 4.69) is 0 Å². The van der Waals surface area contributed by atoms with Crippen molar-refractivity contribution < 1.29 is 18.6 Å². The molecule has 1 aliphatic rings. The molecule has 0 fully saturated rings. The van der Waals surface area contributed by atoms with Gasteiger partial charge in [0, 0.05) is 11.5 Å². The zero-order valence-electron chi connectivity index (χ0n) is 8.21. The van der Waals surface area contributed by atoms with Gasteiger partial charge in [-0.15, -0.1) is 0 Å². The second-order valence-electron chi connectivity index (χ2n) is 3.82. The molecule has 2 atom stereocenters. The molecular weight excluding hydrogens is 216 g/mol. The van der Waals surface area contributed by atoms with Crippen molar-refractivity contribution in [1.29, 1.82) is 0 Å². The molecule has 0 radical (unpaired) electrons. The summed E-state index contributed by atoms with van der Waals surface area (Å²) in [7, 11) is -3.34. The van der Waals surface area contributed by atoms with Gasteiger partial charge in [-0.1, -0.05) is 6.07 Å². The van der Waals surface area contributed by atoms with Gasteiger partial charge in [-0.2, -0.15) is 0 Å². The van der Waals surface area contributed by atoms with Crippen LogP contribution in [0, 0.1) is 0 Å². The Morgan fingerprint density at radius 2 is 2.13 bits per heavy atom. The maximum Gasteiger partial charge on any atom is 0.179 e. The molecule has 1 heterocycles. The van der Waals surface area contributed by atoms with Crippen LogP contribution in [0.25, 0.3) is 0 Å². The first-order chi connectivity index (χ1) is 6.93. The first-order valence-corrected chi connectivity index (χ1v) is 6.31. The number of fused-ring (bicyclic) bond motifs is 1. The average molecular weight is 228 g/mol. The number of benzene rings is 1. The summed E-state index contributed by atoms with van der Waals surface area (Å²) in [6.45, 7) is 1.53. The number of aliphatic hydroxyl groups excluding tert-OH is 1. The Hall–Kier alpha value is -1.07. The van der Waals surface area contributed by atoms with Gasteiger partial charge in [-0.05, 0) is 19.1 Å². The number of aromatic hydroxyl groups is 1. The molecule has 2 rings (SSSR count). The van der Waals surface area contributed by atoms with E-state index in [1.54, 1.807) is 0 Å². The predicted molar refractivity (Wildman–Crippen MR) is 54.6 cm³/mol. The van der Waals surface area contributed by atoms with Gasteiger partial charge in [-0.3, -0.25) is 0 Å². The molecule has 0 spiro atoms. The Morgan fingerprint density at radius 1 is 1.47 bits per heavy atom. The van der Waals surface area contributed by atoms with E-state index in [9.17, 15) is 18.6 Å². The van der Waals surface area contributed by atoms with Gasteiger partial charge in [0.25, 0.3) is 0 Å². The van der Waals surface area contributed by atoms with Crippen LogP contribution in [0.5, 0.6) is 5.75 Å². The van der Waals surface area contributed by atoms with Crippen molar-refractivity contribution in [3.63, 3.8) is 0 Å². The summed E-state index contributed by atoms with van der Waals surface area (Å²) in [5.41, 5.74) is 0.354. The van der Waals surface area contributed by atoms with E-state index in [0.29, 0.717) is 5.56 Å². The number of phenols is 1. The summed E-state index contributed by atoms with van der Waals surface area (Å²) in [4.78, 5) is 0.147. The van der Waals surface area contributed by atoms with Crippen molar-refractivity contribution in [3.8, 4) is 5.75 Å². The fraction of sp³-hybridized carbons (Fsp3) is 0.400. The van der Waals surface area contributed by atoms with E-state index in [-0.39, 0.29) is 16.4 Å². The van der Waals surface area contributed by atoms with Crippen LogP contribution < -0.4 is 0 Å². The topological polar surface area (TPSA) is 74.6 Å². The SMILES string of the molecule is CC(O)C1CS(=O)(=O)c2cccc(O)c21. The lowest BCUT2D eigenvalue weighted by Crippen LogP contribution is -2.16. The second kappa shape index (κ2) is 3.21. The molecule has 82 valence electrons. The van der Waals surface area contributed by atoms with Gasteiger partial charge in [0.2, 0.25) is 0 Å². The quantitative estimate of drug-likeness (QED) is 0.740. The Morgan fingerprint density at radius 3 is 2.73 bits per heavy atom. The maximum atomic E-state index is 11.7. The van der Waals surface area contributed by atoms with Crippen LogP contribution in [0.4, 0.5) is 0 Å². The van der Waals surface area contributed by atoms with Gasteiger partial charge in [0.05, 0.1) is 16.8 Å². The fourth-order valence-electron chi connectivity index (χ4n) is 1.97. The van der Waals surface area contributed by atoms with E-state index in [4.69, 9.17) is 0 Å². The van der Waals surface area contributed by atoms with Gasteiger partial charge >= 0.3 is 0 Å². The fourth-order valence-corrected chi connectivity index (χ4v) is 3.94. The van der Waals surface area contributed by atoms with Crippen molar-refractivity contribution in [2.75, 3.05) is 5.75 Å². The molecule has 1 aromatic rings. The highest BCUT2D eigenvalue weighted by Crippen LogP contribution is 2.41. The van der Waals surface area contributed by atoms with Crippen molar-refractivity contribution >= 4 is 9.84 Å². The first-order valence-electron chi connectivity index (χ1n) is 4.66. The largest absolute Gasteiger partial charge is 0.508 e. The Bertz CT molecular complexity index is 490. The smallest absolute Gasteiger partial charge is 0.179 e. The van der Waals surface area contributed by atoms with Crippen molar-refractivity contribution in [2.45, 2.75) is 23.8 Å². The zero-order valence-corrected chi connectivity index (χ0v) is 9.03. The second-order valence-corrected chi connectivity index (χ2v) is 5.82. The highest BCUT2D eigenvalue weighted by Gasteiger charge is 2.38. The molecule has 1 aliphatic heterocycles. The lowest BCUT2D eigenvalue weighted by molar-refractivity contribution is 0.169. The highest BCUT2D eigenvalue weighted by atomic mass is 32.2. The van der Waals surface area contributed by atoms with Crippen LogP contribution in [-0.2, 0) is 9.84 Å². The molecule has 4 nitrogen and oxygen atoms in total. The first kappa shape index (κ1) is 10.4. The predicted octanol–water partition coefficient (Wildman–Crippen LogP) is 0.644. The third-order valence-corrected chi connectivity index (χ3v) is 4.55. The molecule has 5 heteroatoms. The Kier molecular flexibility index (Phi) is 2.24. The molecular formula is C10H12O4S. The average Bonchev–Trinajstić information content (AvgIpc) is 2.40. The number of rotatable bonds is 1. The lowest BCUT2D eigenvalue weighted by atomic mass is 9.96. The lowest BCUT2D eigenvalue weighted by Gasteiger charge is -2.13. The van der Waals surface area contributed by atoms with Crippen LogP contribution in [-0.4, -0.2) is 30.5 Å². The van der Waals surface area contributed by atoms with Crippen LogP contribution >= 0.6 is 0 Å². The minimum absolute atomic E-state index is 0.0560. The van der Waals surface area contributed by atoms with E-state index < -0.39 is 21.9 Å². The van der Waals surface area contributed by atoms with E-state index in [1.165, 1.54) is 25.1 Å². The molecule has 0 saturated heterocycles. The van der Waals surface area contributed by atoms with Crippen LogP contribution in [0.3, 0.4) is 0 Å². The number of sulfone groups is 1. The standard InChI is InChI=1S/C10H12O4S/c1-6(11)7-5-15(13,14)9-4-2-3-8(12)10(7)9/h2-4,6-7,11-12H,5H2,1H3. The number of aliphatic hydroxyl groups is 1. The van der Waals surface area contributed by atoms with Crippen molar-refractivity contribution in [2.24, 2.45) is 0 Å². The van der Waals surface area contributed by atoms with Gasteiger partial charge < -0.3 is 10.2 Å². The van der Waals surface area contributed by atoms with Crippen LogP contribution in [0.2, 0.25) is 0 Å². The molecule has 0 aliphatic carbocycles. The number of hydrogen-bond acceptors (Lipinski definition) is 4. The van der Waals surface area contributed by atoms with Crippen LogP contribution in [0.1, 0.15) is 18.4 Å². The molecule has 1 aromatic carbocycles. The Balaban J connectivity index is 2.69. The molecule has 2 unspecified atom stereocenters. The minimum Gasteiger partial charge on any atom is -0.508 e. The summed E-state index contributed by atoms with van der Waals surface area (Å²) in [5, 5.41) is 19.1. The molecule has 15 heavy (non-hydrogen) atoms. The van der Waals surface area contributed by atoms with E-state index in [0.717, 1.165) is 0 Å². The number of hydrogen-bond donors (Lipinski definition) is 2. The third-order valence-electron chi connectivity index (χ3n) is 2.73. The van der Waals surface area contributed by atoms with Crippen LogP contribution in [0.15, 0.2) is 23.1 Å². The minimum atomic E-state index is -3.34. The highest BCUT2D eigenvalue weighted by molar-refractivity contribution is 7.91. The summed E-state index contributed by atoms with van der Waals surface area (Å²) in [6.07, 6.45) is -0.783. The summed E-state index contributed by atoms with van der Waals surface area (Å²) >= 11 is 0. The van der Waals surface area contributed by atoms with E-state index >= 15 is 0 Å².